The molecule has 0 aliphatic carbocycles. The number of rotatable bonds is 7. The highest BCUT2D eigenvalue weighted by atomic mass is 32.1. The third-order valence-corrected chi connectivity index (χ3v) is 4.62. The minimum atomic E-state index is -0.385. The molecule has 22 heavy (non-hydrogen) atoms. The highest BCUT2D eigenvalue weighted by molar-refractivity contribution is 7.20. The second-order valence-electron chi connectivity index (χ2n) is 4.33. The van der Waals surface area contributed by atoms with E-state index in [4.69, 9.17) is 10.00 Å². The van der Waals surface area contributed by atoms with E-state index in [1.807, 2.05) is 29.0 Å². The van der Waals surface area contributed by atoms with Crippen molar-refractivity contribution in [3.05, 3.63) is 34.2 Å². The van der Waals surface area contributed by atoms with Gasteiger partial charge in [0, 0.05) is 25.6 Å². The average Bonchev–Trinajstić information content (AvgIpc) is 3.19. The van der Waals surface area contributed by atoms with Crippen molar-refractivity contribution in [3.8, 4) is 16.0 Å². The molecule has 0 aliphatic heterocycles. The van der Waals surface area contributed by atoms with Crippen LogP contribution in [0.5, 0.6) is 0 Å². The van der Waals surface area contributed by atoms with E-state index in [9.17, 15) is 4.79 Å². The van der Waals surface area contributed by atoms with Gasteiger partial charge >= 0.3 is 0 Å². The second kappa shape index (κ2) is 8.44. The number of carbonyl (C=O) groups excluding carboxylic acids is 1. The van der Waals surface area contributed by atoms with Crippen molar-refractivity contribution >= 4 is 34.7 Å². The lowest BCUT2D eigenvalue weighted by molar-refractivity contribution is -0.117. The number of nitriles is 1. The fraction of sp³-hybridized carbons (Fsp3) is 0.267. The summed E-state index contributed by atoms with van der Waals surface area (Å²) >= 11 is 3.10. The van der Waals surface area contributed by atoms with Crippen molar-refractivity contribution in [1.29, 1.82) is 5.26 Å². The minimum Gasteiger partial charge on any atom is -0.385 e. The molecule has 0 atom stereocenters. The van der Waals surface area contributed by atoms with E-state index in [0.717, 1.165) is 9.88 Å². The van der Waals surface area contributed by atoms with Gasteiger partial charge in [-0.05, 0) is 23.9 Å². The summed E-state index contributed by atoms with van der Waals surface area (Å²) in [5, 5.41) is 16.5. The number of aromatic nitrogens is 1. The van der Waals surface area contributed by atoms with Crippen LogP contribution in [0.2, 0.25) is 0 Å². The summed E-state index contributed by atoms with van der Waals surface area (Å²) < 4.78 is 4.91. The average molecular weight is 333 g/mol. The first kappa shape index (κ1) is 16.4. The number of hydrogen-bond acceptors (Lipinski definition) is 6. The van der Waals surface area contributed by atoms with Gasteiger partial charge in [0.05, 0.1) is 10.6 Å². The van der Waals surface area contributed by atoms with Crippen LogP contribution in [0.15, 0.2) is 28.5 Å². The molecule has 2 aromatic rings. The fourth-order valence-corrected chi connectivity index (χ4v) is 3.27. The summed E-state index contributed by atoms with van der Waals surface area (Å²) in [5.74, 6) is -0.385. The van der Waals surface area contributed by atoms with E-state index in [2.05, 4.69) is 10.3 Å². The first-order chi connectivity index (χ1) is 10.7. The number of thiophene rings is 1. The highest BCUT2D eigenvalue weighted by Gasteiger charge is 2.10. The van der Waals surface area contributed by atoms with E-state index in [1.165, 1.54) is 17.4 Å². The molecule has 2 heterocycles. The molecule has 0 unspecified atom stereocenters. The van der Waals surface area contributed by atoms with Crippen LogP contribution in [0.25, 0.3) is 16.0 Å². The van der Waals surface area contributed by atoms with Crippen LogP contribution in [0.3, 0.4) is 0 Å². The van der Waals surface area contributed by atoms with Gasteiger partial charge in [-0.3, -0.25) is 4.79 Å². The van der Waals surface area contributed by atoms with Gasteiger partial charge in [0.25, 0.3) is 5.91 Å². The Bertz CT molecular complexity index is 684. The smallest absolute Gasteiger partial charge is 0.262 e. The Morgan fingerprint density at radius 2 is 2.41 bits per heavy atom. The molecule has 0 bridgehead atoms. The summed E-state index contributed by atoms with van der Waals surface area (Å²) in [7, 11) is 1.61. The third-order valence-electron chi connectivity index (χ3n) is 2.72. The largest absolute Gasteiger partial charge is 0.385 e. The summed E-state index contributed by atoms with van der Waals surface area (Å²) in [4.78, 5) is 17.4. The summed E-state index contributed by atoms with van der Waals surface area (Å²) in [6.07, 6.45) is 2.22. The van der Waals surface area contributed by atoms with Crippen molar-refractivity contribution in [2.24, 2.45) is 0 Å². The van der Waals surface area contributed by atoms with E-state index in [1.54, 1.807) is 18.4 Å². The number of thiazole rings is 1. The molecule has 0 radical (unpaired) electrons. The fourth-order valence-electron chi connectivity index (χ4n) is 1.68. The maximum Gasteiger partial charge on any atom is 0.262 e. The lowest BCUT2D eigenvalue weighted by Crippen LogP contribution is -2.26. The predicted molar refractivity (Wildman–Crippen MR) is 88.5 cm³/mol. The van der Waals surface area contributed by atoms with E-state index < -0.39 is 0 Å². The summed E-state index contributed by atoms with van der Waals surface area (Å²) in [6, 6.07) is 5.87. The van der Waals surface area contributed by atoms with Gasteiger partial charge in [0.2, 0.25) is 0 Å². The molecule has 114 valence electrons. The maximum atomic E-state index is 11.9. The lowest BCUT2D eigenvalue weighted by atomic mass is 10.2. The summed E-state index contributed by atoms with van der Waals surface area (Å²) in [6.45, 7) is 1.05. The highest BCUT2D eigenvalue weighted by Crippen LogP contribution is 2.28. The predicted octanol–water partition coefficient (Wildman–Crippen LogP) is 2.93. The van der Waals surface area contributed by atoms with Gasteiger partial charge in [-0.15, -0.1) is 22.7 Å². The standard InChI is InChI=1S/C15H15N3O2S2/c1-20-6-3-5-17-14(19)11(9-16)8-12-10-22-15(18-12)13-4-2-7-21-13/h2,4,7-8,10H,3,5-6H2,1H3,(H,17,19)/b11-8-. The summed E-state index contributed by atoms with van der Waals surface area (Å²) in [5.41, 5.74) is 0.678. The van der Waals surface area contributed by atoms with Crippen LogP contribution >= 0.6 is 22.7 Å². The van der Waals surface area contributed by atoms with Gasteiger partial charge in [0.1, 0.15) is 16.6 Å². The maximum absolute atomic E-state index is 11.9. The molecule has 0 aromatic carbocycles. The SMILES string of the molecule is COCCCNC(=O)/C(C#N)=C\c1csc(-c2cccs2)n1. The number of methoxy groups -OCH3 is 1. The monoisotopic (exact) mass is 333 g/mol. The van der Waals surface area contributed by atoms with Crippen LogP contribution in [0, 0.1) is 11.3 Å². The number of nitrogens with one attached hydrogen (secondary N) is 1. The Balaban J connectivity index is 2.03. The first-order valence-corrected chi connectivity index (χ1v) is 8.39. The molecule has 0 fully saturated rings. The lowest BCUT2D eigenvalue weighted by Gasteiger charge is -2.02. The van der Waals surface area contributed by atoms with Crippen molar-refractivity contribution < 1.29 is 9.53 Å². The molecule has 2 aromatic heterocycles. The van der Waals surface area contributed by atoms with Gasteiger partial charge < -0.3 is 10.1 Å². The van der Waals surface area contributed by atoms with Gasteiger partial charge in [0.15, 0.2) is 0 Å². The van der Waals surface area contributed by atoms with Crippen LogP contribution in [-0.4, -0.2) is 31.2 Å². The number of hydrogen-bond donors (Lipinski definition) is 1. The van der Waals surface area contributed by atoms with Crippen molar-refractivity contribution in [1.82, 2.24) is 10.3 Å². The zero-order valence-electron chi connectivity index (χ0n) is 12.0. The second-order valence-corrected chi connectivity index (χ2v) is 6.13. The van der Waals surface area contributed by atoms with Crippen molar-refractivity contribution in [3.63, 3.8) is 0 Å². The van der Waals surface area contributed by atoms with Crippen molar-refractivity contribution in [2.45, 2.75) is 6.42 Å². The third kappa shape index (κ3) is 4.49. The molecule has 1 amide bonds. The molecule has 0 aliphatic rings. The molecular weight excluding hydrogens is 318 g/mol. The van der Waals surface area contributed by atoms with Crippen LogP contribution in [0.1, 0.15) is 12.1 Å². The van der Waals surface area contributed by atoms with Gasteiger partial charge in [-0.2, -0.15) is 5.26 Å². The zero-order chi connectivity index (χ0) is 15.8. The Labute approximate surface area is 136 Å². The molecular formula is C15H15N3O2S2. The van der Waals surface area contributed by atoms with E-state index >= 15 is 0 Å². The Kier molecular flexibility index (Phi) is 6.27. The first-order valence-electron chi connectivity index (χ1n) is 6.63. The van der Waals surface area contributed by atoms with Gasteiger partial charge in [-0.25, -0.2) is 4.98 Å². The number of nitrogens with zero attached hydrogens (tertiary/aromatic N) is 2. The number of ether oxygens (including phenoxy) is 1. The molecule has 0 saturated heterocycles. The quantitative estimate of drug-likeness (QED) is 0.480. The number of amides is 1. The Hall–Kier alpha value is -2.01. The van der Waals surface area contributed by atoms with Crippen LogP contribution in [-0.2, 0) is 9.53 Å². The van der Waals surface area contributed by atoms with Crippen LogP contribution < -0.4 is 5.32 Å². The zero-order valence-corrected chi connectivity index (χ0v) is 13.7. The molecule has 1 N–H and O–H groups in total. The topological polar surface area (TPSA) is 75.0 Å². The Morgan fingerprint density at radius 3 is 3.09 bits per heavy atom. The molecule has 2 rings (SSSR count). The number of carbonyl (C=O) groups is 1. The normalized spacial score (nSPS) is 11.2. The molecule has 7 heteroatoms. The van der Waals surface area contributed by atoms with E-state index in [-0.39, 0.29) is 11.5 Å². The van der Waals surface area contributed by atoms with Crippen molar-refractivity contribution in [2.75, 3.05) is 20.3 Å². The molecule has 0 spiro atoms. The van der Waals surface area contributed by atoms with Crippen LogP contribution in [0.4, 0.5) is 0 Å². The minimum absolute atomic E-state index is 0.0560. The Morgan fingerprint density at radius 1 is 1.55 bits per heavy atom. The van der Waals surface area contributed by atoms with Gasteiger partial charge in [-0.1, -0.05) is 6.07 Å². The molecule has 5 nitrogen and oxygen atoms in total. The van der Waals surface area contributed by atoms with E-state index in [0.29, 0.717) is 25.3 Å². The molecule has 0 saturated carbocycles.